The molecule has 0 aliphatic carbocycles. The van der Waals surface area contributed by atoms with Crippen LogP contribution in [-0.2, 0) is 6.54 Å². The Hall–Kier alpha value is -1.59. The first-order chi connectivity index (χ1) is 12.1. The lowest BCUT2D eigenvalue weighted by Crippen LogP contribution is -2.51. The Bertz CT molecular complexity index is 548. The van der Waals surface area contributed by atoms with Crippen molar-refractivity contribution in [2.45, 2.75) is 31.8 Å². The lowest BCUT2D eigenvalue weighted by molar-refractivity contribution is 0.167. The number of amides is 2. The quantitative estimate of drug-likeness (QED) is 0.890. The second-order valence-corrected chi connectivity index (χ2v) is 7.87. The molecule has 2 atom stereocenters. The van der Waals surface area contributed by atoms with Crippen LogP contribution in [0.2, 0.25) is 0 Å². The molecule has 0 bridgehead atoms. The number of hydrogen-bond donors (Lipinski definition) is 1. The zero-order chi connectivity index (χ0) is 17.6. The third-order valence-electron chi connectivity index (χ3n) is 5.28. The largest absolute Gasteiger partial charge is 0.334 e. The van der Waals surface area contributed by atoms with Crippen molar-refractivity contribution in [3.63, 3.8) is 0 Å². The van der Waals surface area contributed by atoms with Crippen LogP contribution in [-0.4, -0.2) is 73.6 Å². The maximum absolute atomic E-state index is 12.6. The van der Waals surface area contributed by atoms with E-state index in [2.05, 4.69) is 59.5 Å². The van der Waals surface area contributed by atoms with Crippen molar-refractivity contribution in [3.8, 4) is 0 Å². The molecule has 0 radical (unpaired) electrons. The van der Waals surface area contributed by atoms with Crippen molar-refractivity contribution in [2.24, 2.45) is 5.92 Å². The van der Waals surface area contributed by atoms with Gasteiger partial charge >= 0.3 is 6.03 Å². The smallest absolute Gasteiger partial charge is 0.317 e. The number of urea groups is 1. The number of piperidine rings is 1. The predicted molar refractivity (Wildman–Crippen MR) is 102 cm³/mol. The molecule has 25 heavy (non-hydrogen) atoms. The number of nitrogens with one attached hydrogen (secondary N) is 1. The van der Waals surface area contributed by atoms with Gasteiger partial charge in [0.25, 0.3) is 0 Å². The van der Waals surface area contributed by atoms with Gasteiger partial charge < -0.3 is 15.1 Å². The summed E-state index contributed by atoms with van der Waals surface area (Å²) in [5.41, 5.74) is 1.35. The molecule has 2 amide bonds. The van der Waals surface area contributed by atoms with E-state index in [0.29, 0.717) is 5.92 Å². The Balaban J connectivity index is 1.45. The summed E-state index contributed by atoms with van der Waals surface area (Å²) in [6, 6.07) is 11.0. The zero-order valence-corrected chi connectivity index (χ0v) is 15.7. The molecule has 0 aromatic heterocycles. The normalized spacial score (nSPS) is 24.7. The second-order valence-electron chi connectivity index (χ2n) is 7.87. The van der Waals surface area contributed by atoms with Crippen molar-refractivity contribution in [1.82, 2.24) is 20.0 Å². The summed E-state index contributed by atoms with van der Waals surface area (Å²) in [6.07, 6.45) is 3.36. The highest BCUT2D eigenvalue weighted by molar-refractivity contribution is 5.74. The number of rotatable bonds is 5. The first kappa shape index (κ1) is 18.2. The van der Waals surface area contributed by atoms with Gasteiger partial charge in [0.2, 0.25) is 0 Å². The van der Waals surface area contributed by atoms with Crippen LogP contribution in [0.15, 0.2) is 30.3 Å². The molecule has 2 aliphatic heterocycles. The Morgan fingerprint density at radius 3 is 2.72 bits per heavy atom. The van der Waals surface area contributed by atoms with Gasteiger partial charge in [0.1, 0.15) is 0 Å². The summed E-state index contributed by atoms with van der Waals surface area (Å²) >= 11 is 0. The van der Waals surface area contributed by atoms with Gasteiger partial charge in [-0.1, -0.05) is 30.3 Å². The first-order valence-corrected chi connectivity index (χ1v) is 9.56. The maximum Gasteiger partial charge on any atom is 0.317 e. The highest BCUT2D eigenvalue weighted by Crippen LogP contribution is 2.18. The minimum absolute atomic E-state index is 0.132. The molecule has 2 aliphatic rings. The Morgan fingerprint density at radius 1 is 1.16 bits per heavy atom. The summed E-state index contributed by atoms with van der Waals surface area (Å²) in [4.78, 5) is 19.3. The SMILES string of the molecule is CN(C)C[C@H]1CCN(C(=O)N[C@@H]2CCCN(Cc3ccccc3)C2)C1. The molecule has 1 N–H and O–H groups in total. The summed E-state index contributed by atoms with van der Waals surface area (Å²) < 4.78 is 0. The van der Waals surface area contributed by atoms with Crippen LogP contribution in [0.25, 0.3) is 0 Å². The molecular weight excluding hydrogens is 312 g/mol. The van der Waals surface area contributed by atoms with E-state index in [0.717, 1.165) is 58.5 Å². The summed E-state index contributed by atoms with van der Waals surface area (Å²) in [5, 5.41) is 3.28. The minimum Gasteiger partial charge on any atom is -0.334 e. The number of hydrogen-bond acceptors (Lipinski definition) is 3. The van der Waals surface area contributed by atoms with Crippen LogP contribution in [0.4, 0.5) is 4.79 Å². The number of nitrogens with zero attached hydrogens (tertiary/aromatic N) is 3. The van der Waals surface area contributed by atoms with E-state index in [1.807, 2.05) is 4.90 Å². The number of likely N-dealkylation sites (tertiary alicyclic amines) is 2. The van der Waals surface area contributed by atoms with Gasteiger partial charge in [-0.15, -0.1) is 0 Å². The van der Waals surface area contributed by atoms with Crippen LogP contribution in [0.1, 0.15) is 24.8 Å². The van der Waals surface area contributed by atoms with Gasteiger partial charge in [0.15, 0.2) is 0 Å². The van der Waals surface area contributed by atoms with Crippen LogP contribution < -0.4 is 5.32 Å². The van der Waals surface area contributed by atoms with E-state index in [9.17, 15) is 4.79 Å². The molecule has 5 nitrogen and oxygen atoms in total. The lowest BCUT2D eigenvalue weighted by Gasteiger charge is -2.34. The summed E-state index contributed by atoms with van der Waals surface area (Å²) in [6.45, 7) is 5.90. The van der Waals surface area contributed by atoms with Gasteiger partial charge in [0.05, 0.1) is 0 Å². The molecule has 0 unspecified atom stereocenters. The third kappa shape index (κ3) is 5.44. The monoisotopic (exact) mass is 344 g/mol. The zero-order valence-electron chi connectivity index (χ0n) is 15.7. The standard InChI is InChI=1S/C20H32N4O/c1-22(2)13-18-10-12-24(15-18)20(25)21-19-9-6-11-23(16-19)14-17-7-4-3-5-8-17/h3-5,7-8,18-19H,6,9-16H2,1-2H3,(H,21,25)/t18-,19-/m1/s1. The van der Waals surface area contributed by atoms with E-state index >= 15 is 0 Å². The maximum atomic E-state index is 12.6. The number of carbonyl (C=O) groups is 1. The number of benzene rings is 1. The van der Waals surface area contributed by atoms with Gasteiger partial charge in [-0.25, -0.2) is 4.79 Å². The van der Waals surface area contributed by atoms with Gasteiger partial charge in [0, 0.05) is 38.8 Å². The van der Waals surface area contributed by atoms with E-state index < -0.39 is 0 Å². The van der Waals surface area contributed by atoms with Gasteiger partial charge in [-0.2, -0.15) is 0 Å². The highest BCUT2D eigenvalue weighted by atomic mass is 16.2. The van der Waals surface area contributed by atoms with Crippen molar-refractivity contribution in [2.75, 3.05) is 46.8 Å². The third-order valence-corrected chi connectivity index (χ3v) is 5.28. The molecule has 2 fully saturated rings. The van der Waals surface area contributed by atoms with E-state index in [1.165, 1.54) is 5.56 Å². The average molecular weight is 345 g/mol. The van der Waals surface area contributed by atoms with Crippen LogP contribution in [0.3, 0.4) is 0 Å². The fourth-order valence-corrected chi connectivity index (χ4v) is 4.11. The molecule has 0 saturated carbocycles. The molecule has 3 rings (SSSR count). The molecule has 5 heteroatoms. The molecule has 2 heterocycles. The molecule has 1 aromatic carbocycles. The number of carbonyl (C=O) groups excluding carboxylic acids is 1. The Morgan fingerprint density at radius 2 is 1.96 bits per heavy atom. The van der Waals surface area contributed by atoms with Gasteiger partial charge in [-0.05, 0) is 51.4 Å². The summed E-state index contributed by atoms with van der Waals surface area (Å²) in [7, 11) is 4.21. The minimum atomic E-state index is 0.132. The second kappa shape index (κ2) is 8.68. The van der Waals surface area contributed by atoms with Crippen molar-refractivity contribution in [3.05, 3.63) is 35.9 Å². The van der Waals surface area contributed by atoms with Crippen LogP contribution in [0, 0.1) is 5.92 Å². The van der Waals surface area contributed by atoms with Crippen molar-refractivity contribution < 1.29 is 4.79 Å². The van der Waals surface area contributed by atoms with Crippen LogP contribution >= 0.6 is 0 Å². The fraction of sp³-hybridized carbons (Fsp3) is 0.650. The Kier molecular flexibility index (Phi) is 6.32. The fourth-order valence-electron chi connectivity index (χ4n) is 4.11. The average Bonchev–Trinajstić information content (AvgIpc) is 3.04. The molecule has 138 valence electrons. The Labute approximate surface area is 152 Å². The van der Waals surface area contributed by atoms with E-state index in [1.54, 1.807) is 0 Å². The van der Waals surface area contributed by atoms with Crippen molar-refractivity contribution in [1.29, 1.82) is 0 Å². The molecular formula is C20H32N4O. The van der Waals surface area contributed by atoms with Gasteiger partial charge in [-0.3, -0.25) is 4.90 Å². The van der Waals surface area contributed by atoms with E-state index in [4.69, 9.17) is 0 Å². The highest BCUT2D eigenvalue weighted by Gasteiger charge is 2.29. The molecule has 0 spiro atoms. The topological polar surface area (TPSA) is 38.8 Å². The first-order valence-electron chi connectivity index (χ1n) is 9.56. The predicted octanol–water partition coefficient (Wildman–Crippen LogP) is 2.24. The lowest BCUT2D eigenvalue weighted by atomic mass is 10.0. The molecule has 2 saturated heterocycles. The summed E-state index contributed by atoms with van der Waals surface area (Å²) in [5.74, 6) is 0.613. The van der Waals surface area contributed by atoms with Crippen LogP contribution in [0.5, 0.6) is 0 Å². The van der Waals surface area contributed by atoms with E-state index in [-0.39, 0.29) is 12.1 Å². The van der Waals surface area contributed by atoms with Crippen molar-refractivity contribution >= 4 is 6.03 Å². The molecule has 1 aromatic rings.